The third-order valence-corrected chi connectivity index (χ3v) is 2.77. The fraction of sp³-hybridized carbons (Fsp3) is 0.286. The molecule has 0 aliphatic carbocycles. The van der Waals surface area contributed by atoms with Crippen molar-refractivity contribution in [1.82, 2.24) is 9.78 Å². The molecule has 2 N–H and O–H groups in total. The monoisotopic (exact) mass is 275 g/mol. The van der Waals surface area contributed by atoms with Crippen molar-refractivity contribution in [3.63, 3.8) is 0 Å². The number of hydrogen-bond acceptors (Lipinski definition) is 5. The van der Waals surface area contributed by atoms with Gasteiger partial charge in [0.1, 0.15) is 0 Å². The average molecular weight is 275 g/mol. The first-order valence-electron chi connectivity index (χ1n) is 6.21. The molecule has 0 fully saturated rings. The first kappa shape index (κ1) is 13.9. The second-order valence-electron chi connectivity index (χ2n) is 4.60. The van der Waals surface area contributed by atoms with Crippen molar-refractivity contribution >= 4 is 11.7 Å². The summed E-state index contributed by atoms with van der Waals surface area (Å²) in [6.07, 6.45) is 3.37. The van der Waals surface area contributed by atoms with Crippen LogP contribution in [0.2, 0.25) is 0 Å². The molecule has 2 aromatic rings. The van der Waals surface area contributed by atoms with Gasteiger partial charge in [-0.2, -0.15) is 5.10 Å². The van der Waals surface area contributed by atoms with Crippen LogP contribution in [0.3, 0.4) is 0 Å². The minimum absolute atomic E-state index is 0.242. The van der Waals surface area contributed by atoms with Gasteiger partial charge in [0.2, 0.25) is 0 Å². The summed E-state index contributed by atoms with van der Waals surface area (Å²) in [5.74, 6) is 0.524. The normalized spacial score (nSPS) is 10.6. The Morgan fingerprint density at radius 2 is 2.15 bits per heavy atom. The van der Waals surface area contributed by atoms with E-state index in [2.05, 4.69) is 9.84 Å². The number of nitrogen functional groups attached to an aromatic ring is 1. The minimum Gasteiger partial charge on any atom is -0.465 e. The number of carbonyl (C=O) groups is 1. The van der Waals surface area contributed by atoms with Gasteiger partial charge in [0.15, 0.2) is 11.5 Å². The molecule has 20 heavy (non-hydrogen) atoms. The number of esters is 1. The quantitative estimate of drug-likeness (QED) is 0.685. The van der Waals surface area contributed by atoms with Crippen LogP contribution in [0.1, 0.15) is 30.2 Å². The first-order valence-corrected chi connectivity index (χ1v) is 6.21. The van der Waals surface area contributed by atoms with Gasteiger partial charge in [-0.3, -0.25) is 4.68 Å². The Hall–Kier alpha value is -2.50. The van der Waals surface area contributed by atoms with Crippen molar-refractivity contribution < 1.29 is 14.3 Å². The number of rotatable bonds is 4. The van der Waals surface area contributed by atoms with Gasteiger partial charge in [0, 0.05) is 6.04 Å². The summed E-state index contributed by atoms with van der Waals surface area (Å²) in [6.45, 7) is 4.03. The second kappa shape index (κ2) is 5.64. The van der Waals surface area contributed by atoms with Gasteiger partial charge in [-0.05, 0) is 32.0 Å². The highest BCUT2D eigenvalue weighted by atomic mass is 16.5. The molecule has 1 aromatic heterocycles. The maximum Gasteiger partial charge on any atom is 0.337 e. The lowest BCUT2D eigenvalue weighted by molar-refractivity contribution is 0.0600. The van der Waals surface area contributed by atoms with E-state index in [1.807, 2.05) is 13.8 Å². The lowest BCUT2D eigenvalue weighted by Crippen LogP contribution is -2.02. The summed E-state index contributed by atoms with van der Waals surface area (Å²) in [7, 11) is 1.33. The molecular weight excluding hydrogens is 258 g/mol. The number of nitrogens with zero attached hydrogens (tertiary/aromatic N) is 2. The Kier molecular flexibility index (Phi) is 3.93. The zero-order chi connectivity index (χ0) is 14.7. The van der Waals surface area contributed by atoms with Crippen LogP contribution in [0.5, 0.6) is 11.5 Å². The van der Waals surface area contributed by atoms with Crippen molar-refractivity contribution in [2.75, 3.05) is 12.8 Å². The van der Waals surface area contributed by atoms with Crippen molar-refractivity contribution in [2.24, 2.45) is 0 Å². The van der Waals surface area contributed by atoms with E-state index in [0.717, 1.165) is 0 Å². The minimum atomic E-state index is -0.437. The van der Waals surface area contributed by atoms with Gasteiger partial charge in [0.05, 0.1) is 30.8 Å². The third kappa shape index (κ3) is 2.90. The number of benzene rings is 1. The molecule has 0 atom stereocenters. The van der Waals surface area contributed by atoms with Gasteiger partial charge in [-0.1, -0.05) is 0 Å². The largest absolute Gasteiger partial charge is 0.465 e. The van der Waals surface area contributed by atoms with E-state index >= 15 is 0 Å². The molecule has 1 aromatic carbocycles. The highest BCUT2D eigenvalue weighted by Gasteiger charge is 2.11. The molecule has 0 saturated heterocycles. The molecule has 0 aliphatic heterocycles. The van der Waals surface area contributed by atoms with E-state index < -0.39 is 5.97 Å². The smallest absolute Gasteiger partial charge is 0.337 e. The van der Waals surface area contributed by atoms with Crippen LogP contribution in [0.4, 0.5) is 5.69 Å². The van der Waals surface area contributed by atoms with Crippen LogP contribution in [-0.2, 0) is 4.74 Å². The molecular formula is C14H17N3O3. The third-order valence-electron chi connectivity index (χ3n) is 2.77. The summed E-state index contributed by atoms with van der Waals surface area (Å²) in [6, 6.07) is 4.99. The topological polar surface area (TPSA) is 79.4 Å². The van der Waals surface area contributed by atoms with Gasteiger partial charge in [0.25, 0.3) is 0 Å². The molecule has 0 bridgehead atoms. The predicted molar refractivity (Wildman–Crippen MR) is 74.9 cm³/mol. The Bertz CT molecular complexity index is 620. The molecule has 106 valence electrons. The Balaban J connectivity index is 2.25. The maximum atomic E-state index is 11.5. The Morgan fingerprint density at radius 1 is 1.40 bits per heavy atom. The molecule has 0 aliphatic rings. The standard InChI is InChI=1S/C14H17N3O3/c1-9(2)17-8-11(7-16-17)20-13-6-10(14(18)19-3)4-5-12(13)15/h4-9H,15H2,1-3H3. The summed E-state index contributed by atoms with van der Waals surface area (Å²) in [5, 5.41) is 4.17. The van der Waals surface area contributed by atoms with Crippen LogP contribution in [-0.4, -0.2) is 22.9 Å². The van der Waals surface area contributed by atoms with Crippen LogP contribution in [0.25, 0.3) is 0 Å². The van der Waals surface area contributed by atoms with Crippen molar-refractivity contribution in [3.8, 4) is 11.5 Å². The lowest BCUT2D eigenvalue weighted by atomic mass is 10.2. The number of carbonyl (C=O) groups excluding carboxylic acids is 1. The van der Waals surface area contributed by atoms with Crippen LogP contribution >= 0.6 is 0 Å². The van der Waals surface area contributed by atoms with Gasteiger partial charge in [-0.15, -0.1) is 0 Å². The summed E-state index contributed by atoms with van der Waals surface area (Å²) in [5.41, 5.74) is 6.66. The lowest BCUT2D eigenvalue weighted by Gasteiger charge is -2.08. The second-order valence-corrected chi connectivity index (χ2v) is 4.60. The van der Waals surface area contributed by atoms with Gasteiger partial charge >= 0.3 is 5.97 Å². The van der Waals surface area contributed by atoms with Crippen molar-refractivity contribution in [2.45, 2.75) is 19.9 Å². The molecule has 1 heterocycles. The maximum absolute atomic E-state index is 11.5. The number of hydrogen-bond donors (Lipinski definition) is 1. The number of ether oxygens (including phenoxy) is 2. The van der Waals surface area contributed by atoms with Crippen molar-refractivity contribution in [1.29, 1.82) is 0 Å². The van der Waals surface area contributed by atoms with Crippen LogP contribution in [0.15, 0.2) is 30.6 Å². The molecule has 0 spiro atoms. The molecule has 0 amide bonds. The molecule has 6 heteroatoms. The van der Waals surface area contributed by atoms with E-state index in [1.54, 1.807) is 35.3 Å². The average Bonchev–Trinajstić information content (AvgIpc) is 2.89. The first-order chi connectivity index (χ1) is 9.51. The van der Waals surface area contributed by atoms with E-state index in [1.165, 1.54) is 7.11 Å². The SMILES string of the molecule is COC(=O)c1ccc(N)c(Oc2cnn(C(C)C)c2)c1. The van der Waals surface area contributed by atoms with E-state index in [-0.39, 0.29) is 6.04 Å². The number of aromatic nitrogens is 2. The molecule has 0 radical (unpaired) electrons. The number of nitrogens with two attached hydrogens (primary N) is 1. The van der Waals surface area contributed by atoms with E-state index in [9.17, 15) is 4.79 Å². The van der Waals surface area contributed by atoms with Gasteiger partial charge < -0.3 is 15.2 Å². The van der Waals surface area contributed by atoms with Gasteiger partial charge in [-0.25, -0.2) is 4.79 Å². The van der Waals surface area contributed by atoms with E-state index in [4.69, 9.17) is 10.5 Å². The number of anilines is 1. The summed E-state index contributed by atoms with van der Waals surface area (Å²) in [4.78, 5) is 11.5. The molecule has 0 saturated carbocycles. The zero-order valence-corrected chi connectivity index (χ0v) is 11.7. The fourth-order valence-electron chi connectivity index (χ4n) is 1.65. The van der Waals surface area contributed by atoms with Crippen molar-refractivity contribution in [3.05, 3.63) is 36.2 Å². The molecule has 6 nitrogen and oxygen atoms in total. The van der Waals surface area contributed by atoms with E-state index in [0.29, 0.717) is 22.7 Å². The number of methoxy groups -OCH3 is 1. The highest BCUT2D eigenvalue weighted by molar-refractivity contribution is 5.90. The summed E-state index contributed by atoms with van der Waals surface area (Å²) >= 11 is 0. The fourth-order valence-corrected chi connectivity index (χ4v) is 1.65. The van der Waals surface area contributed by atoms with Crippen LogP contribution < -0.4 is 10.5 Å². The molecule has 0 unspecified atom stereocenters. The molecule has 2 rings (SSSR count). The summed E-state index contributed by atoms with van der Waals surface area (Å²) < 4.78 is 12.1. The zero-order valence-electron chi connectivity index (χ0n) is 11.7. The van der Waals surface area contributed by atoms with Crippen LogP contribution in [0, 0.1) is 0 Å². The Labute approximate surface area is 117 Å². The highest BCUT2D eigenvalue weighted by Crippen LogP contribution is 2.28. The predicted octanol–water partition coefficient (Wildman–Crippen LogP) is 2.63. The Morgan fingerprint density at radius 3 is 2.75 bits per heavy atom.